The van der Waals surface area contributed by atoms with Crippen LogP contribution in [0.25, 0.3) is 0 Å². The SMILES string of the molecule is Cc1ccc(CSCc2ccccc2)cc1C[C@H](NC(=O)OC(C)(C)C)C(=O)OC(C)(C)C. The lowest BCUT2D eigenvalue weighted by Crippen LogP contribution is -2.47. The van der Waals surface area contributed by atoms with E-state index < -0.39 is 29.3 Å². The van der Waals surface area contributed by atoms with Crippen LogP contribution < -0.4 is 5.32 Å². The minimum atomic E-state index is -0.843. The van der Waals surface area contributed by atoms with Crippen LogP contribution in [0.2, 0.25) is 0 Å². The Morgan fingerprint density at radius 3 is 2.09 bits per heavy atom. The lowest BCUT2D eigenvalue weighted by Gasteiger charge is -2.26. The highest BCUT2D eigenvalue weighted by Gasteiger charge is 2.29. The van der Waals surface area contributed by atoms with Gasteiger partial charge >= 0.3 is 12.1 Å². The lowest BCUT2D eigenvalue weighted by molar-refractivity contribution is -0.157. The van der Waals surface area contributed by atoms with Gasteiger partial charge in [0, 0.05) is 17.9 Å². The average Bonchev–Trinajstić information content (AvgIpc) is 2.68. The third kappa shape index (κ3) is 10.3. The van der Waals surface area contributed by atoms with Crippen LogP contribution in [-0.2, 0) is 32.2 Å². The van der Waals surface area contributed by atoms with Gasteiger partial charge in [-0.15, -0.1) is 0 Å². The van der Waals surface area contributed by atoms with Crippen molar-refractivity contribution >= 4 is 23.8 Å². The number of aryl methyl sites for hydroxylation is 1. The molecule has 0 radical (unpaired) electrons. The summed E-state index contributed by atoms with van der Waals surface area (Å²) < 4.78 is 10.9. The number of carbonyl (C=O) groups is 2. The number of ether oxygens (including phenoxy) is 2. The topological polar surface area (TPSA) is 64.6 Å². The number of benzene rings is 2. The molecule has 0 aromatic heterocycles. The Morgan fingerprint density at radius 1 is 0.879 bits per heavy atom. The summed E-state index contributed by atoms with van der Waals surface area (Å²) in [6.07, 6.45) is -0.303. The molecule has 1 N–H and O–H groups in total. The molecule has 2 rings (SSSR count). The molecule has 0 aliphatic rings. The van der Waals surface area contributed by atoms with Gasteiger partial charge < -0.3 is 14.8 Å². The van der Waals surface area contributed by atoms with Crippen LogP contribution in [0.3, 0.4) is 0 Å². The highest BCUT2D eigenvalue weighted by atomic mass is 32.2. The Hall–Kier alpha value is -2.47. The maximum absolute atomic E-state index is 12.9. The number of rotatable bonds is 8. The molecule has 1 atom stereocenters. The van der Waals surface area contributed by atoms with Crippen molar-refractivity contribution in [2.24, 2.45) is 0 Å². The molecular weight excluding hydrogens is 434 g/mol. The monoisotopic (exact) mass is 471 g/mol. The number of thioether (sulfide) groups is 1. The van der Waals surface area contributed by atoms with Gasteiger partial charge in [-0.1, -0.05) is 48.5 Å². The third-order valence-electron chi connectivity index (χ3n) is 4.60. The van der Waals surface area contributed by atoms with E-state index in [1.165, 1.54) is 11.1 Å². The first-order valence-electron chi connectivity index (χ1n) is 11.2. The van der Waals surface area contributed by atoms with E-state index in [0.29, 0.717) is 6.42 Å². The van der Waals surface area contributed by atoms with Crippen LogP contribution in [0.5, 0.6) is 0 Å². The van der Waals surface area contributed by atoms with E-state index in [9.17, 15) is 9.59 Å². The molecule has 1 amide bonds. The summed E-state index contributed by atoms with van der Waals surface area (Å²) in [5.41, 5.74) is 3.22. The first kappa shape index (κ1) is 26.8. The molecule has 0 aliphatic carbocycles. The van der Waals surface area contributed by atoms with E-state index in [2.05, 4.69) is 35.6 Å². The second-order valence-corrected chi connectivity index (χ2v) is 11.2. The number of alkyl carbamates (subject to hydrolysis) is 1. The van der Waals surface area contributed by atoms with E-state index in [1.807, 2.05) is 57.7 Å². The van der Waals surface area contributed by atoms with Crippen LogP contribution in [0.4, 0.5) is 4.79 Å². The summed E-state index contributed by atoms with van der Waals surface area (Å²) in [6.45, 7) is 12.8. The van der Waals surface area contributed by atoms with Crippen molar-refractivity contribution in [1.29, 1.82) is 0 Å². The van der Waals surface area contributed by atoms with E-state index in [4.69, 9.17) is 9.47 Å². The second-order valence-electron chi connectivity index (χ2n) is 10.2. The van der Waals surface area contributed by atoms with Crippen LogP contribution in [0, 0.1) is 6.92 Å². The van der Waals surface area contributed by atoms with Crippen molar-refractivity contribution in [3.05, 3.63) is 70.8 Å². The molecule has 0 heterocycles. The minimum absolute atomic E-state index is 0.331. The normalized spacial score (nSPS) is 12.7. The maximum Gasteiger partial charge on any atom is 0.408 e. The van der Waals surface area contributed by atoms with E-state index in [1.54, 1.807) is 20.8 Å². The largest absolute Gasteiger partial charge is 0.458 e. The Bertz CT molecular complexity index is 929. The number of amides is 1. The number of nitrogens with one attached hydrogen (secondary N) is 1. The summed E-state index contributed by atoms with van der Waals surface area (Å²) in [5.74, 6) is 1.32. The summed E-state index contributed by atoms with van der Waals surface area (Å²) in [4.78, 5) is 25.3. The molecule has 2 aromatic rings. The number of hydrogen-bond acceptors (Lipinski definition) is 5. The molecule has 6 heteroatoms. The van der Waals surface area contributed by atoms with E-state index in [0.717, 1.165) is 22.6 Å². The molecule has 0 aliphatic heterocycles. The van der Waals surface area contributed by atoms with Gasteiger partial charge in [-0.3, -0.25) is 0 Å². The van der Waals surface area contributed by atoms with Crippen molar-refractivity contribution in [3.63, 3.8) is 0 Å². The molecule has 33 heavy (non-hydrogen) atoms. The number of esters is 1. The standard InChI is InChI=1S/C27H37NO4S/c1-19-13-14-21(18-33-17-20-11-9-8-10-12-20)15-22(19)16-23(24(29)31-26(2,3)4)28-25(30)32-27(5,6)7/h8-15,23H,16-18H2,1-7H3,(H,28,30)/t23-/m0/s1. The molecule has 5 nitrogen and oxygen atoms in total. The van der Waals surface area contributed by atoms with Crippen LogP contribution >= 0.6 is 11.8 Å². The van der Waals surface area contributed by atoms with Crippen molar-refractivity contribution < 1.29 is 19.1 Å². The van der Waals surface area contributed by atoms with Gasteiger partial charge in [-0.05, 0) is 70.7 Å². The molecule has 0 saturated carbocycles. The summed E-state index contributed by atoms with van der Waals surface area (Å²) in [5, 5.41) is 2.71. The molecule has 180 valence electrons. The number of hydrogen-bond donors (Lipinski definition) is 1. The van der Waals surface area contributed by atoms with Crippen molar-refractivity contribution in [2.45, 2.75) is 83.6 Å². The first-order chi connectivity index (χ1) is 15.3. The molecule has 0 saturated heterocycles. The van der Waals surface area contributed by atoms with Gasteiger partial charge in [0.2, 0.25) is 0 Å². The second kappa shape index (κ2) is 11.6. The maximum atomic E-state index is 12.9. The molecule has 0 bridgehead atoms. The minimum Gasteiger partial charge on any atom is -0.458 e. The average molecular weight is 472 g/mol. The van der Waals surface area contributed by atoms with Gasteiger partial charge in [0.1, 0.15) is 17.2 Å². The van der Waals surface area contributed by atoms with Gasteiger partial charge in [0.05, 0.1) is 0 Å². The quantitative estimate of drug-likeness (QED) is 0.464. The predicted octanol–water partition coefficient (Wildman–Crippen LogP) is 6.21. The smallest absolute Gasteiger partial charge is 0.408 e. The van der Waals surface area contributed by atoms with Crippen molar-refractivity contribution in [2.75, 3.05) is 0 Å². The number of carbonyl (C=O) groups excluding carboxylic acids is 2. The fraction of sp³-hybridized carbons (Fsp3) is 0.481. The summed E-state index contributed by atoms with van der Waals surface area (Å²) in [6, 6.07) is 15.8. The highest BCUT2D eigenvalue weighted by molar-refractivity contribution is 7.97. The molecule has 0 unspecified atom stereocenters. The Morgan fingerprint density at radius 2 is 1.48 bits per heavy atom. The van der Waals surface area contributed by atoms with Crippen molar-refractivity contribution in [1.82, 2.24) is 5.32 Å². The van der Waals surface area contributed by atoms with Gasteiger partial charge in [-0.2, -0.15) is 11.8 Å². The zero-order valence-corrected chi connectivity index (χ0v) is 21.7. The van der Waals surface area contributed by atoms with Crippen LogP contribution in [-0.4, -0.2) is 29.3 Å². The highest BCUT2D eigenvalue weighted by Crippen LogP contribution is 2.22. The van der Waals surface area contributed by atoms with Gasteiger partial charge in [0.15, 0.2) is 0 Å². The molecule has 0 fully saturated rings. The van der Waals surface area contributed by atoms with E-state index >= 15 is 0 Å². The Kier molecular flexibility index (Phi) is 9.41. The fourth-order valence-corrected chi connectivity index (χ4v) is 4.08. The first-order valence-corrected chi connectivity index (χ1v) is 12.4. The lowest BCUT2D eigenvalue weighted by atomic mass is 9.98. The Balaban J connectivity index is 2.13. The van der Waals surface area contributed by atoms with Crippen LogP contribution in [0.1, 0.15) is 63.8 Å². The fourth-order valence-electron chi connectivity index (χ4n) is 3.13. The molecule has 2 aromatic carbocycles. The van der Waals surface area contributed by atoms with Gasteiger partial charge in [0.25, 0.3) is 0 Å². The summed E-state index contributed by atoms with van der Waals surface area (Å²) >= 11 is 1.84. The third-order valence-corrected chi connectivity index (χ3v) is 5.68. The zero-order valence-electron chi connectivity index (χ0n) is 20.9. The predicted molar refractivity (Wildman–Crippen MR) is 135 cm³/mol. The van der Waals surface area contributed by atoms with Crippen molar-refractivity contribution in [3.8, 4) is 0 Å². The Labute approximate surface area is 202 Å². The summed E-state index contributed by atoms with van der Waals surface area (Å²) in [7, 11) is 0. The van der Waals surface area contributed by atoms with Crippen LogP contribution in [0.15, 0.2) is 48.5 Å². The zero-order chi connectivity index (χ0) is 24.6. The molecular formula is C27H37NO4S. The van der Waals surface area contributed by atoms with E-state index in [-0.39, 0.29) is 0 Å². The van der Waals surface area contributed by atoms with Gasteiger partial charge in [-0.25, -0.2) is 9.59 Å². The molecule has 0 spiro atoms.